The van der Waals surface area contributed by atoms with E-state index >= 15 is 0 Å². The van der Waals surface area contributed by atoms with Gasteiger partial charge in [-0.25, -0.2) is 4.98 Å². The molecular weight excluding hydrogens is 440 g/mol. The lowest BCUT2D eigenvalue weighted by molar-refractivity contribution is -0.125. The average molecular weight is 465 g/mol. The Hall–Kier alpha value is -4.65. The van der Waals surface area contributed by atoms with Gasteiger partial charge < -0.3 is 19.5 Å². The van der Waals surface area contributed by atoms with E-state index in [9.17, 15) is 9.59 Å². The Labute approximate surface area is 203 Å². The summed E-state index contributed by atoms with van der Waals surface area (Å²) in [6, 6.07) is 20.2. The second-order valence-corrected chi connectivity index (χ2v) is 8.18. The zero-order valence-electron chi connectivity index (χ0n) is 19.4. The molecule has 7 heteroatoms. The van der Waals surface area contributed by atoms with Crippen molar-refractivity contribution in [3.05, 3.63) is 103 Å². The molecule has 1 atom stereocenters. The number of para-hydroxylation sites is 1. The Balaban J connectivity index is 1.41. The summed E-state index contributed by atoms with van der Waals surface area (Å²) in [6.45, 7) is 0. The van der Waals surface area contributed by atoms with Gasteiger partial charge in [0, 0.05) is 31.1 Å². The van der Waals surface area contributed by atoms with E-state index in [1.54, 1.807) is 37.7 Å². The summed E-state index contributed by atoms with van der Waals surface area (Å²) < 4.78 is 7.36. The smallest absolute Gasteiger partial charge is 0.254 e. The van der Waals surface area contributed by atoms with Crippen LogP contribution in [-0.4, -0.2) is 35.5 Å². The van der Waals surface area contributed by atoms with Crippen molar-refractivity contribution in [2.24, 2.45) is 0 Å². The summed E-state index contributed by atoms with van der Waals surface area (Å²) in [7, 11) is 3.33. The molecule has 1 N–H and O–H groups in total. The molecule has 4 aromatic rings. The number of benzene rings is 3. The number of nitrogens with one attached hydrogen (secondary N) is 1. The van der Waals surface area contributed by atoms with Crippen LogP contribution >= 0.6 is 0 Å². The van der Waals surface area contributed by atoms with Gasteiger partial charge in [0.05, 0.1) is 24.8 Å². The number of rotatable bonds is 5. The molecule has 7 nitrogen and oxygen atoms in total. The molecule has 3 aromatic carbocycles. The molecule has 0 radical (unpaired) electrons. The van der Waals surface area contributed by atoms with Gasteiger partial charge in [-0.15, -0.1) is 0 Å². The summed E-state index contributed by atoms with van der Waals surface area (Å²) in [5.41, 5.74) is 5.09. The van der Waals surface area contributed by atoms with E-state index in [2.05, 4.69) is 10.3 Å². The maximum atomic E-state index is 13.4. The molecule has 1 unspecified atom stereocenters. The number of fused-ring (bicyclic) bond motifs is 3. The van der Waals surface area contributed by atoms with Crippen molar-refractivity contribution in [3.63, 3.8) is 0 Å². The minimum absolute atomic E-state index is 0.199. The number of carbonyl (C=O) groups is 2. The molecular formula is C28H24N4O3. The number of hydrogen-bond donors (Lipinski definition) is 1. The molecule has 2 heterocycles. The second-order valence-electron chi connectivity index (χ2n) is 8.18. The zero-order valence-corrected chi connectivity index (χ0v) is 19.4. The SMILES string of the molecule is COc1cc(C=CC(=O)NC2C(=O)N(C)c3ccccc3-c3ccccc32)ccc1-n1ccnc1. The van der Waals surface area contributed by atoms with Gasteiger partial charge >= 0.3 is 0 Å². The molecule has 0 spiro atoms. The number of anilines is 1. The van der Waals surface area contributed by atoms with Gasteiger partial charge in [-0.2, -0.15) is 0 Å². The molecule has 1 aliphatic rings. The molecule has 0 aliphatic carbocycles. The number of nitrogens with zero attached hydrogens (tertiary/aromatic N) is 3. The van der Waals surface area contributed by atoms with Crippen LogP contribution in [0.25, 0.3) is 22.9 Å². The minimum atomic E-state index is -0.807. The van der Waals surface area contributed by atoms with Crippen LogP contribution in [0.5, 0.6) is 5.75 Å². The number of aromatic nitrogens is 2. The predicted octanol–water partition coefficient (Wildman–Crippen LogP) is 4.40. The van der Waals surface area contributed by atoms with Crippen molar-refractivity contribution in [2.75, 3.05) is 19.1 Å². The number of methoxy groups -OCH3 is 1. The Morgan fingerprint density at radius 3 is 2.57 bits per heavy atom. The standard InChI is InChI=1S/C28H24N4O3/c1-31-23-10-6-5-8-21(23)20-7-3-4-9-22(20)27(28(31)34)30-26(33)14-12-19-11-13-24(25(17-19)35-2)32-16-15-29-18-32/h3-18,27H,1-2H3,(H,30,33). The number of ether oxygens (including phenoxy) is 1. The van der Waals surface area contributed by atoms with Gasteiger partial charge in [-0.3, -0.25) is 9.59 Å². The van der Waals surface area contributed by atoms with Crippen LogP contribution in [0.2, 0.25) is 0 Å². The van der Waals surface area contributed by atoms with Crippen LogP contribution in [-0.2, 0) is 9.59 Å². The number of amides is 2. The van der Waals surface area contributed by atoms with Gasteiger partial charge in [0.25, 0.3) is 5.91 Å². The number of imidazole rings is 1. The number of likely N-dealkylation sites (N-methyl/N-ethyl adjacent to an activating group) is 1. The second kappa shape index (κ2) is 9.30. The van der Waals surface area contributed by atoms with Crippen molar-refractivity contribution in [1.29, 1.82) is 0 Å². The number of carbonyl (C=O) groups excluding carboxylic acids is 2. The fourth-order valence-electron chi connectivity index (χ4n) is 4.35. The fraction of sp³-hybridized carbons (Fsp3) is 0.107. The molecule has 1 aliphatic heterocycles. The quantitative estimate of drug-likeness (QED) is 0.445. The lowest BCUT2D eigenvalue weighted by Gasteiger charge is -2.22. The van der Waals surface area contributed by atoms with Gasteiger partial charge in [-0.05, 0) is 41.0 Å². The molecule has 0 saturated carbocycles. The van der Waals surface area contributed by atoms with Crippen LogP contribution < -0.4 is 15.0 Å². The lowest BCUT2D eigenvalue weighted by Crippen LogP contribution is -2.40. The highest BCUT2D eigenvalue weighted by Crippen LogP contribution is 2.39. The first-order valence-electron chi connectivity index (χ1n) is 11.2. The Kier molecular flexibility index (Phi) is 5.89. The highest BCUT2D eigenvalue weighted by Gasteiger charge is 2.32. The summed E-state index contributed by atoms with van der Waals surface area (Å²) >= 11 is 0. The van der Waals surface area contributed by atoms with Crippen LogP contribution in [0.3, 0.4) is 0 Å². The maximum Gasteiger partial charge on any atom is 0.254 e. The van der Waals surface area contributed by atoms with Gasteiger partial charge in [0.15, 0.2) is 0 Å². The van der Waals surface area contributed by atoms with E-state index in [4.69, 9.17) is 4.74 Å². The molecule has 1 aromatic heterocycles. The van der Waals surface area contributed by atoms with E-state index in [0.717, 1.165) is 33.6 Å². The Bertz CT molecular complexity index is 1430. The van der Waals surface area contributed by atoms with Crippen molar-refractivity contribution in [1.82, 2.24) is 14.9 Å². The Morgan fingerprint density at radius 1 is 1.03 bits per heavy atom. The van der Waals surface area contributed by atoms with Crippen LogP contribution in [0.15, 0.2) is 91.5 Å². The Morgan fingerprint density at radius 2 is 1.80 bits per heavy atom. The van der Waals surface area contributed by atoms with E-state index in [-0.39, 0.29) is 11.8 Å². The fourth-order valence-corrected chi connectivity index (χ4v) is 4.35. The molecule has 0 bridgehead atoms. The van der Waals surface area contributed by atoms with Crippen LogP contribution in [0.4, 0.5) is 5.69 Å². The van der Waals surface area contributed by atoms with Crippen LogP contribution in [0.1, 0.15) is 17.2 Å². The largest absolute Gasteiger partial charge is 0.495 e. The third kappa shape index (κ3) is 4.19. The predicted molar refractivity (Wildman–Crippen MR) is 135 cm³/mol. The highest BCUT2D eigenvalue weighted by molar-refractivity contribution is 6.07. The third-order valence-corrected chi connectivity index (χ3v) is 6.11. The first-order valence-corrected chi connectivity index (χ1v) is 11.2. The first-order chi connectivity index (χ1) is 17.1. The normalized spacial score (nSPS) is 14.9. The third-order valence-electron chi connectivity index (χ3n) is 6.11. The van der Waals surface area contributed by atoms with E-state index < -0.39 is 6.04 Å². The average Bonchev–Trinajstić information content (AvgIpc) is 3.42. The molecule has 2 amide bonds. The van der Waals surface area contributed by atoms with Gasteiger partial charge in [0.1, 0.15) is 11.8 Å². The lowest BCUT2D eigenvalue weighted by atomic mass is 9.95. The van der Waals surface area contributed by atoms with Gasteiger partial charge in [0.2, 0.25) is 5.91 Å². The summed E-state index contributed by atoms with van der Waals surface area (Å²) in [6.07, 6.45) is 8.34. The summed E-state index contributed by atoms with van der Waals surface area (Å²) in [4.78, 5) is 32.0. The van der Waals surface area contributed by atoms with Crippen molar-refractivity contribution < 1.29 is 14.3 Å². The molecule has 5 rings (SSSR count). The van der Waals surface area contributed by atoms with E-state index in [0.29, 0.717) is 5.75 Å². The van der Waals surface area contributed by atoms with E-state index in [1.165, 1.54) is 6.08 Å². The monoisotopic (exact) mass is 464 g/mol. The molecule has 35 heavy (non-hydrogen) atoms. The van der Waals surface area contributed by atoms with E-state index in [1.807, 2.05) is 77.5 Å². The topological polar surface area (TPSA) is 76.5 Å². The van der Waals surface area contributed by atoms with Crippen molar-refractivity contribution in [3.8, 4) is 22.6 Å². The van der Waals surface area contributed by atoms with Gasteiger partial charge in [-0.1, -0.05) is 48.5 Å². The summed E-state index contributed by atoms with van der Waals surface area (Å²) in [5.74, 6) is 0.0866. The molecule has 174 valence electrons. The van der Waals surface area contributed by atoms with Crippen molar-refractivity contribution in [2.45, 2.75) is 6.04 Å². The highest BCUT2D eigenvalue weighted by atomic mass is 16.5. The first kappa shape index (κ1) is 22.2. The summed E-state index contributed by atoms with van der Waals surface area (Å²) in [5, 5.41) is 2.90. The molecule has 0 saturated heterocycles. The zero-order chi connectivity index (χ0) is 24.4. The molecule has 0 fully saturated rings. The maximum absolute atomic E-state index is 13.4. The number of hydrogen-bond acceptors (Lipinski definition) is 4. The van der Waals surface area contributed by atoms with Crippen molar-refractivity contribution >= 4 is 23.6 Å². The van der Waals surface area contributed by atoms with Crippen LogP contribution in [0, 0.1) is 0 Å². The minimum Gasteiger partial charge on any atom is -0.495 e.